The average molecular weight is 197 g/mol. The van der Waals surface area contributed by atoms with Crippen molar-refractivity contribution in [2.24, 2.45) is 11.0 Å². The Kier molecular flexibility index (Phi) is 1.95. The molecular weight excluding hydrogens is 184 g/mol. The van der Waals surface area contributed by atoms with Crippen LogP contribution in [0.5, 0.6) is 0 Å². The molecule has 0 bridgehead atoms. The normalized spacial score (nSPS) is 32.3. The average Bonchev–Trinajstić information content (AvgIpc) is 2.35. The summed E-state index contributed by atoms with van der Waals surface area (Å²) >= 11 is 6.06. The minimum Gasteiger partial charge on any atom is -0.292 e. The van der Waals surface area contributed by atoms with Crippen LogP contribution in [0, 0.1) is 5.92 Å². The summed E-state index contributed by atoms with van der Waals surface area (Å²) in [5.41, 5.74) is 2.39. The van der Waals surface area contributed by atoms with E-state index in [2.05, 4.69) is 25.0 Å². The van der Waals surface area contributed by atoms with E-state index in [-0.39, 0.29) is 0 Å². The maximum absolute atomic E-state index is 6.06. The van der Waals surface area contributed by atoms with Crippen LogP contribution in [0.15, 0.2) is 27.9 Å². The van der Waals surface area contributed by atoms with Crippen molar-refractivity contribution in [3.63, 3.8) is 0 Å². The van der Waals surface area contributed by atoms with Crippen molar-refractivity contribution in [2.45, 2.75) is 19.9 Å². The van der Waals surface area contributed by atoms with Crippen molar-refractivity contribution in [1.29, 1.82) is 0 Å². The largest absolute Gasteiger partial charge is 0.292 e. The van der Waals surface area contributed by atoms with Crippen molar-refractivity contribution >= 4 is 17.3 Å². The molecule has 2 nitrogen and oxygen atoms in total. The molecule has 2 unspecified atom stereocenters. The van der Waals surface area contributed by atoms with Crippen LogP contribution >= 0.6 is 11.6 Å². The van der Waals surface area contributed by atoms with E-state index in [0.717, 1.165) is 5.03 Å². The molecule has 0 spiro atoms. The summed E-state index contributed by atoms with van der Waals surface area (Å²) in [6.07, 6.45) is 4.12. The van der Waals surface area contributed by atoms with Crippen LogP contribution in [0.25, 0.3) is 0 Å². The van der Waals surface area contributed by atoms with E-state index in [1.807, 2.05) is 18.1 Å². The molecule has 0 aromatic carbocycles. The van der Waals surface area contributed by atoms with Gasteiger partial charge in [0.05, 0.1) is 6.04 Å². The number of rotatable bonds is 0. The third-order valence-corrected chi connectivity index (χ3v) is 3.23. The lowest BCUT2D eigenvalue weighted by molar-refractivity contribution is 0.294. The monoisotopic (exact) mass is 196 g/mol. The van der Waals surface area contributed by atoms with E-state index in [4.69, 9.17) is 11.6 Å². The maximum Gasteiger partial charge on any atom is 0.0807 e. The van der Waals surface area contributed by atoms with Gasteiger partial charge in [0.25, 0.3) is 0 Å². The zero-order valence-electron chi connectivity index (χ0n) is 8.08. The predicted molar refractivity (Wildman–Crippen MR) is 55.8 cm³/mol. The second kappa shape index (κ2) is 2.88. The first-order valence-corrected chi connectivity index (χ1v) is 4.81. The molecule has 3 heteroatoms. The van der Waals surface area contributed by atoms with Gasteiger partial charge in [0.1, 0.15) is 0 Å². The SMILES string of the molecule is CC1=NN(C)C2C(C)=C(Cl)C=CC12. The van der Waals surface area contributed by atoms with Crippen molar-refractivity contribution in [1.82, 2.24) is 5.01 Å². The molecule has 1 aliphatic heterocycles. The van der Waals surface area contributed by atoms with Crippen LogP contribution in [0.4, 0.5) is 0 Å². The highest BCUT2D eigenvalue weighted by Crippen LogP contribution is 2.34. The first-order valence-electron chi connectivity index (χ1n) is 4.43. The third-order valence-electron chi connectivity index (χ3n) is 2.81. The Bertz CT molecular complexity index is 328. The molecule has 0 amide bonds. The van der Waals surface area contributed by atoms with Crippen molar-refractivity contribution < 1.29 is 0 Å². The van der Waals surface area contributed by atoms with Gasteiger partial charge >= 0.3 is 0 Å². The van der Waals surface area contributed by atoms with E-state index in [0.29, 0.717) is 12.0 Å². The Morgan fingerprint density at radius 1 is 1.46 bits per heavy atom. The molecule has 0 aromatic rings. The summed E-state index contributed by atoms with van der Waals surface area (Å²) in [6.45, 7) is 4.14. The Balaban J connectivity index is 2.40. The van der Waals surface area contributed by atoms with E-state index in [1.54, 1.807) is 0 Å². The van der Waals surface area contributed by atoms with Gasteiger partial charge in [-0.05, 0) is 25.5 Å². The lowest BCUT2D eigenvalue weighted by Crippen LogP contribution is -2.32. The second-order valence-electron chi connectivity index (χ2n) is 3.68. The van der Waals surface area contributed by atoms with Crippen LogP contribution in [0.1, 0.15) is 13.8 Å². The molecule has 0 aromatic heterocycles. The van der Waals surface area contributed by atoms with Gasteiger partial charge < -0.3 is 0 Å². The van der Waals surface area contributed by atoms with Gasteiger partial charge in [-0.25, -0.2) is 0 Å². The van der Waals surface area contributed by atoms with Crippen LogP contribution in [0.3, 0.4) is 0 Å². The van der Waals surface area contributed by atoms with Crippen LogP contribution in [-0.4, -0.2) is 23.8 Å². The molecule has 1 aliphatic carbocycles. The maximum atomic E-state index is 6.06. The number of hydrazone groups is 1. The van der Waals surface area contributed by atoms with Gasteiger partial charge in [-0.15, -0.1) is 0 Å². The molecule has 0 radical (unpaired) electrons. The van der Waals surface area contributed by atoms with Gasteiger partial charge in [-0.3, -0.25) is 5.01 Å². The van der Waals surface area contributed by atoms with Crippen LogP contribution < -0.4 is 0 Å². The number of likely N-dealkylation sites (N-methyl/N-ethyl adjacent to an activating group) is 1. The molecule has 1 heterocycles. The fourth-order valence-corrected chi connectivity index (χ4v) is 2.28. The molecule has 70 valence electrons. The Morgan fingerprint density at radius 3 is 2.85 bits per heavy atom. The van der Waals surface area contributed by atoms with Crippen LogP contribution in [-0.2, 0) is 0 Å². The van der Waals surface area contributed by atoms with E-state index < -0.39 is 0 Å². The smallest absolute Gasteiger partial charge is 0.0807 e. The summed E-state index contributed by atoms with van der Waals surface area (Å²) in [7, 11) is 2.00. The minimum absolute atomic E-state index is 0.345. The molecule has 0 fully saturated rings. The highest BCUT2D eigenvalue weighted by molar-refractivity contribution is 6.31. The summed E-state index contributed by atoms with van der Waals surface area (Å²) in [6, 6.07) is 0.345. The molecule has 0 N–H and O–H groups in total. The number of hydrogen-bond donors (Lipinski definition) is 0. The molecule has 2 rings (SSSR count). The third kappa shape index (κ3) is 1.20. The summed E-state index contributed by atoms with van der Waals surface area (Å²) in [4.78, 5) is 0. The number of nitrogens with zero attached hydrogens (tertiary/aromatic N) is 2. The van der Waals surface area contributed by atoms with Crippen molar-refractivity contribution in [2.75, 3.05) is 7.05 Å². The summed E-state index contributed by atoms with van der Waals surface area (Å²) < 4.78 is 0. The zero-order chi connectivity index (χ0) is 9.59. The number of fused-ring (bicyclic) bond motifs is 1. The fourth-order valence-electron chi connectivity index (χ4n) is 2.09. The number of hydrogen-bond acceptors (Lipinski definition) is 2. The first-order chi connectivity index (χ1) is 6.11. The molecule has 0 saturated carbocycles. The Hall–Kier alpha value is -0.760. The molecular formula is C10H13ClN2. The molecule has 0 saturated heterocycles. The topological polar surface area (TPSA) is 15.6 Å². The van der Waals surface area contributed by atoms with E-state index >= 15 is 0 Å². The first kappa shape index (κ1) is 8.82. The highest BCUT2D eigenvalue weighted by Gasteiger charge is 2.35. The zero-order valence-corrected chi connectivity index (χ0v) is 8.84. The van der Waals surface area contributed by atoms with E-state index in [1.165, 1.54) is 11.3 Å². The predicted octanol–water partition coefficient (Wildman–Crippen LogP) is 2.38. The van der Waals surface area contributed by atoms with Crippen molar-refractivity contribution in [3.05, 3.63) is 22.8 Å². The molecule has 13 heavy (non-hydrogen) atoms. The number of halogens is 1. The van der Waals surface area contributed by atoms with Crippen LogP contribution in [0.2, 0.25) is 0 Å². The fraction of sp³-hybridized carbons (Fsp3) is 0.500. The molecule has 2 atom stereocenters. The van der Waals surface area contributed by atoms with Gasteiger partial charge in [-0.1, -0.05) is 17.7 Å². The lowest BCUT2D eigenvalue weighted by Gasteiger charge is -2.27. The number of allylic oxidation sites excluding steroid dienone is 2. The van der Waals surface area contributed by atoms with Gasteiger partial charge in [-0.2, -0.15) is 5.10 Å². The summed E-state index contributed by atoms with van der Waals surface area (Å²) in [5, 5.41) is 7.28. The van der Waals surface area contributed by atoms with Gasteiger partial charge in [0.15, 0.2) is 0 Å². The second-order valence-corrected chi connectivity index (χ2v) is 4.08. The van der Waals surface area contributed by atoms with Gasteiger partial charge in [0.2, 0.25) is 0 Å². The highest BCUT2D eigenvalue weighted by atomic mass is 35.5. The quantitative estimate of drug-likeness (QED) is 0.581. The molecule has 2 aliphatic rings. The van der Waals surface area contributed by atoms with E-state index in [9.17, 15) is 0 Å². The minimum atomic E-state index is 0.345. The Morgan fingerprint density at radius 2 is 2.15 bits per heavy atom. The lowest BCUT2D eigenvalue weighted by atomic mass is 9.87. The summed E-state index contributed by atoms with van der Waals surface area (Å²) in [5.74, 6) is 0.424. The van der Waals surface area contributed by atoms with Crippen molar-refractivity contribution in [3.8, 4) is 0 Å². The Labute approximate surface area is 83.6 Å². The van der Waals surface area contributed by atoms with Gasteiger partial charge in [0, 0.05) is 23.7 Å². The standard InChI is InChI=1S/C10H13ClN2/c1-6-9(11)5-4-8-7(2)12-13(3)10(6)8/h4-5,8,10H,1-3H3.